The average Bonchev–Trinajstić information content (AvgIpc) is 2.80. The minimum absolute atomic E-state index is 0.0490. The number of amides is 1. The molecule has 2 saturated heterocycles. The third kappa shape index (κ3) is 4.42. The molecule has 25 heavy (non-hydrogen) atoms. The van der Waals surface area contributed by atoms with E-state index in [4.69, 9.17) is 4.74 Å². The molecule has 1 N–H and O–H groups in total. The summed E-state index contributed by atoms with van der Waals surface area (Å²) in [4.78, 5) is 14.5. The van der Waals surface area contributed by atoms with Gasteiger partial charge in [-0.2, -0.15) is 0 Å². The van der Waals surface area contributed by atoms with Crippen molar-refractivity contribution in [3.63, 3.8) is 0 Å². The summed E-state index contributed by atoms with van der Waals surface area (Å²) in [6.07, 6.45) is 3.19. The van der Waals surface area contributed by atoms with Gasteiger partial charge in [-0.1, -0.05) is 18.2 Å². The van der Waals surface area contributed by atoms with E-state index in [1.165, 1.54) is 0 Å². The fourth-order valence-corrected chi connectivity index (χ4v) is 4.29. The molecule has 1 amide bonds. The number of carbonyl (C=O) groups is 1. The van der Waals surface area contributed by atoms with Crippen LogP contribution in [0.3, 0.4) is 0 Å². The van der Waals surface area contributed by atoms with Crippen LogP contribution in [-0.2, 0) is 4.74 Å². The number of benzene rings is 1. The number of ether oxygens (including phenoxy) is 1. The van der Waals surface area contributed by atoms with Crippen LogP contribution >= 0.6 is 0 Å². The van der Waals surface area contributed by atoms with Gasteiger partial charge in [-0.3, -0.25) is 4.79 Å². The number of hydrogen-bond donors (Lipinski definition) is 1. The molecule has 0 spiro atoms. The molecule has 0 bridgehead atoms. The molecule has 1 aromatic carbocycles. The second-order valence-electron chi connectivity index (χ2n) is 8.73. The highest BCUT2D eigenvalue weighted by Gasteiger charge is 2.45. The fourth-order valence-electron chi connectivity index (χ4n) is 4.29. The van der Waals surface area contributed by atoms with Gasteiger partial charge in [0.05, 0.1) is 11.2 Å². The van der Waals surface area contributed by atoms with Crippen LogP contribution < -0.4 is 5.32 Å². The van der Waals surface area contributed by atoms with Crippen molar-refractivity contribution in [1.29, 1.82) is 0 Å². The maximum absolute atomic E-state index is 12.5. The first-order valence-electron chi connectivity index (χ1n) is 9.55. The molecule has 2 heterocycles. The van der Waals surface area contributed by atoms with Crippen molar-refractivity contribution in [3.8, 4) is 0 Å². The summed E-state index contributed by atoms with van der Waals surface area (Å²) in [6, 6.07) is 10.0. The zero-order valence-electron chi connectivity index (χ0n) is 16.0. The van der Waals surface area contributed by atoms with E-state index in [1.54, 1.807) is 0 Å². The predicted molar refractivity (Wildman–Crippen MR) is 101 cm³/mol. The summed E-state index contributed by atoms with van der Waals surface area (Å²) in [6.45, 7) is 11.4. The van der Waals surface area contributed by atoms with Gasteiger partial charge in [-0.05, 0) is 71.6 Å². The topological polar surface area (TPSA) is 41.6 Å². The molecular weight excluding hydrogens is 312 g/mol. The van der Waals surface area contributed by atoms with E-state index in [9.17, 15) is 4.79 Å². The van der Waals surface area contributed by atoms with Gasteiger partial charge in [0.15, 0.2) is 0 Å². The highest BCUT2D eigenvalue weighted by atomic mass is 16.5. The second-order valence-corrected chi connectivity index (χ2v) is 8.73. The number of likely N-dealkylation sites (tertiary alicyclic amines) is 1. The summed E-state index contributed by atoms with van der Waals surface area (Å²) in [7, 11) is 0. The summed E-state index contributed by atoms with van der Waals surface area (Å²) in [5.41, 5.74) is 0.631. The first-order chi connectivity index (χ1) is 11.8. The molecule has 4 nitrogen and oxygen atoms in total. The number of hydrogen-bond acceptors (Lipinski definition) is 3. The average molecular weight is 344 g/mol. The lowest BCUT2D eigenvalue weighted by molar-refractivity contribution is -0.0700. The molecule has 0 radical (unpaired) electrons. The molecule has 2 fully saturated rings. The number of carbonyl (C=O) groups excluding carboxylic acids is 1. The van der Waals surface area contributed by atoms with Gasteiger partial charge in [0.2, 0.25) is 0 Å². The summed E-state index contributed by atoms with van der Waals surface area (Å²) >= 11 is 0. The molecule has 1 unspecified atom stereocenters. The Labute approximate surface area is 151 Å². The highest BCUT2D eigenvalue weighted by Crippen LogP contribution is 2.37. The Bertz CT molecular complexity index is 589. The fraction of sp³-hybridized carbons (Fsp3) is 0.667. The van der Waals surface area contributed by atoms with Crippen molar-refractivity contribution < 1.29 is 9.53 Å². The molecule has 4 heteroatoms. The van der Waals surface area contributed by atoms with Gasteiger partial charge in [-0.25, -0.2) is 0 Å². The minimum Gasteiger partial charge on any atom is -0.368 e. The maximum atomic E-state index is 12.5. The van der Waals surface area contributed by atoms with Crippen molar-refractivity contribution in [2.75, 3.05) is 19.6 Å². The molecule has 0 saturated carbocycles. The van der Waals surface area contributed by atoms with Crippen molar-refractivity contribution >= 4 is 5.91 Å². The normalized spacial score (nSPS) is 25.9. The van der Waals surface area contributed by atoms with Gasteiger partial charge in [0, 0.05) is 24.7 Å². The molecule has 1 aromatic rings. The third-order valence-electron chi connectivity index (χ3n) is 5.65. The van der Waals surface area contributed by atoms with Crippen LogP contribution in [0.25, 0.3) is 0 Å². The number of rotatable bonds is 4. The predicted octanol–water partition coefficient (Wildman–Crippen LogP) is 3.47. The van der Waals surface area contributed by atoms with E-state index >= 15 is 0 Å². The van der Waals surface area contributed by atoms with Crippen LogP contribution in [0.1, 0.15) is 57.3 Å². The van der Waals surface area contributed by atoms with Gasteiger partial charge < -0.3 is 15.0 Å². The SMILES string of the molecule is CC1(C)CC(NCC2CCN(C(=O)c3ccccc3)CC2)C(C)(C)O1. The van der Waals surface area contributed by atoms with Crippen LogP contribution in [-0.4, -0.2) is 47.7 Å². The number of nitrogens with one attached hydrogen (secondary N) is 1. The van der Waals surface area contributed by atoms with Crippen LogP contribution in [0.15, 0.2) is 30.3 Å². The molecule has 3 rings (SSSR count). The largest absolute Gasteiger partial charge is 0.368 e. The van der Waals surface area contributed by atoms with Crippen LogP contribution in [0, 0.1) is 5.92 Å². The minimum atomic E-state index is -0.118. The molecule has 0 aromatic heterocycles. The monoisotopic (exact) mass is 344 g/mol. The summed E-state index contributed by atoms with van der Waals surface area (Å²) in [5, 5.41) is 3.74. The lowest BCUT2D eigenvalue weighted by Gasteiger charge is -2.34. The Balaban J connectivity index is 1.46. The maximum Gasteiger partial charge on any atom is 0.253 e. The van der Waals surface area contributed by atoms with E-state index in [2.05, 4.69) is 33.0 Å². The molecule has 1 atom stereocenters. The van der Waals surface area contributed by atoms with Crippen molar-refractivity contribution in [3.05, 3.63) is 35.9 Å². The quantitative estimate of drug-likeness (QED) is 0.909. The molecular formula is C21H32N2O2. The van der Waals surface area contributed by atoms with Crippen LogP contribution in [0.4, 0.5) is 0 Å². The Kier molecular flexibility index (Phi) is 5.21. The highest BCUT2D eigenvalue weighted by molar-refractivity contribution is 5.94. The molecule has 2 aliphatic rings. The van der Waals surface area contributed by atoms with Crippen molar-refractivity contribution in [2.24, 2.45) is 5.92 Å². The van der Waals surface area contributed by atoms with Crippen LogP contribution in [0.5, 0.6) is 0 Å². The van der Waals surface area contributed by atoms with Crippen molar-refractivity contribution in [1.82, 2.24) is 10.2 Å². The Morgan fingerprint density at radius 3 is 2.36 bits per heavy atom. The smallest absolute Gasteiger partial charge is 0.253 e. The van der Waals surface area contributed by atoms with Gasteiger partial charge in [0.25, 0.3) is 5.91 Å². The zero-order chi connectivity index (χ0) is 18.1. The first kappa shape index (κ1) is 18.4. The van der Waals surface area contributed by atoms with E-state index in [0.717, 1.165) is 44.5 Å². The Morgan fingerprint density at radius 1 is 1.16 bits per heavy atom. The zero-order valence-corrected chi connectivity index (χ0v) is 16.0. The second kappa shape index (κ2) is 7.08. The molecule has 2 aliphatic heterocycles. The third-order valence-corrected chi connectivity index (χ3v) is 5.65. The van der Waals surface area contributed by atoms with Gasteiger partial charge >= 0.3 is 0 Å². The Hall–Kier alpha value is -1.39. The van der Waals surface area contributed by atoms with E-state index in [0.29, 0.717) is 12.0 Å². The number of piperidine rings is 1. The lowest BCUT2D eigenvalue weighted by Crippen LogP contribution is -2.47. The molecule has 138 valence electrons. The van der Waals surface area contributed by atoms with E-state index < -0.39 is 0 Å². The molecule has 0 aliphatic carbocycles. The summed E-state index contributed by atoms with van der Waals surface area (Å²) < 4.78 is 6.17. The Morgan fingerprint density at radius 2 is 1.80 bits per heavy atom. The van der Waals surface area contributed by atoms with E-state index in [-0.39, 0.29) is 17.1 Å². The first-order valence-corrected chi connectivity index (χ1v) is 9.55. The van der Waals surface area contributed by atoms with Crippen LogP contribution in [0.2, 0.25) is 0 Å². The standard InChI is InChI=1S/C21H32N2O2/c1-20(2)14-18(21(3,4)25-20)22-15-16-10-12-23(13-11-16)19(24)17-8-6-5-7-9-17/h5-9,16,18,22H,10-15H2,1-4H3. The van der Waals surface area contributed by atoms with Gasteiger partial charge in [-0.15, -0.1) is 0 Å². The van der Waals surface area contributed by atoms with E-state index in [1.807, 2.05) is 35.2 Å². The van der Waals surface area contributed by atoms with Gasteiger partial charge in [0.1, 0.15) is 0 Å². The van der Waals surface area contributed by atoms with Crippen molar-refractivity contribution in [2.45, 2.75) is 64.2 Å². The summed E-state index contributed by atoms with van der Waals surface area (Å²) in [5.74, 6) is 0.804. The lowest BCUT2D eigenvalue weighted by atomic mass is 9.92. The number of nitrogens with zero attached hydrogens (tertiary/aromatic N) is 1.